The molecule has 0 aliphatic carbocycles. The van der Waals surface area contributed by atoms with Crippen LogP contribution in [0, 0.1) is 0 Å². The fourth-order valence-electron chi connectivity index (χ4n) is 1.19. The zero-order chi connectivity index (χ0) is 7.97. The highest BCUT2D eigenvalue weighted by atomic mass is 15.3. The van der Waals surface area contributed by atoms with Gasteiger partial charge >= 0.3 is 0 Å². The first kappa shape index (κ1) is 5.64. The summed E-state index contributed by atoms with van der Waals surface area (Å²) in [6.07, 6.45) is 0. The van der Waals surface area contributed by atoms with Gasteiger partial charge in [-0.15, -0.1) is 10.2 Å². The molecule has 0 radical (unpaired) electrons. The fraction of sp³-hybridized carbons (Fsp3) is 0. The van der Waals surface area contributed by atoms with E-state index >= 15 is 0 Å². The molecule has 1 aromatic carbocycles. The Morgan fingerprint density at radius 3 is 2.75 bits per heavy atom. The molecule has 2 heterocycles. The van der Waals surface area contributed by atoms with Crippen LogP contribution in [-0.4, -0.2) is 30.8 Å². The Kier molecular flexibility index (Phi) is 0.840. The Hall–Kier alpha value is -1.98. The molecule has 0 aliphatic rings. The van der Waals surface area contributed by atoms with Crippen molar-refractivity contribution >= 4 is 22.1 Å². The minimum atomic E-state index is 0.767. The number of hydrogen-bond donors (Lipinski definition) is 2. The maximum atomic E-state index is 3.97. The largest absolute Gasteiger partial charge is 0.283 e. The van der Waals surface area contributed by atoms with Crippen molar-refractivity contribution in [2.75, 3.05) is 0 Å². The number of aromatic nitrogens is 6. The summed E-state index contributed by atoms with van der Waals surface area (Å²) in [5, 5.41) is 20.7. The van der Waals surface area contributed by atoms with Crippen molar-refractivity contribution in [1.29, 1.82) is 0 Å². The topological polar surface area (TPSA) is 83.1 Å². The number of rotatable bonds is 0. The molecule has 58 valence electrons. The summed E-state index contributed by atoms with van der Waals surface area (Å²) in [4.78, 5) is 0. The Labute approximate surface area is 66.0 Å². The van der Waals surface area contributed by atoms with Gasteiger partial charge in [-0.3, -0.25) is 5.10 Å². The molecule has 0 unspecified atom stereocenters. The molecule has 0 atom stereocenters. The van der Waals surface area contributed by atoms with Crippen molar-refractivity contribution in [2.24, 2.45) is 0 Å². The third-order valence-corrected chi connectivity index (χ3v) is 1.76. The lowest BCUT2D eigenvalue weighted by Gasteiger charge is -1.84. The van der Waals surface area contributed by atoms with Crippen LogP contribution in [0.4, 0.5) is 0 Å². The quantitative estimate of drug-likeness (QED) is 0.493. The van der Waals surface area contributed by atoms with Crippen LogP contribution in [0.15, 0.2) is 12.1 Å². The van der Waals surface area contributed by atoms with E-state index in [0.29, 0.717) is 0 Å². The van der Waals surface area contributed by atoms with Crippen molar-refractivity contribution in [3.63, 3.8) is 0 Å². The van der Waals surface area contributed by atoms with Crippen molar-refractivity contribution in [2.45, 2.75) is 0 Å². The van der Waals surface area contributed by atoms with Gasteiger partial charge in [0, 0.05) is 0 Å². The second-order valence-corrected chi connectivity index (χ2v) is 2.50. The van der Waals surface area contributed by atoms with Gasteiger partial charge in [-0.05, 0) is 17.3 Å². The molecular weight excluding hydrogens is 156 g/mol. The highest BCUT2D eigenvalue weighted by Gasteiger charge is 2.02. The van der Waals surface area contributed by atoms with Gasteiger partial charge in [-0.25, -0.2) is 5.21 Å². The average molecular weight is 160 g/mol. The summed E-state index contributed by atoms with van der Waals surface area (Å²) in [6.45, 7) is 0. The first-order valence-corrected chi connectivity index (χ1v) is 3.45. The lowest BCUT2D eigenvalue weighted by Crippen LogP contribution is -1.71. The molecule has 0 fully saturated rings. The van der Waals surface area contributed by atoms with Crippen molar-refractivity contribution in [3.8, 4) is 0 Å². The number of H-pyrrole nitrogens is 2. The predicted octanol–water partition coefficient (Wildman–Crippen LogP) is 0.229. The van der Waals surface area contributed by atoms with Crippen LogP contribution in [0.3, 0.4) is 0 Å². The van der Waals surface area contributed by atoms with Gasteiger partial charge in [0.05, 0.1) is 5.52 Å². The van der Waals surface area contributed by atoms with Gasteiger partial charge in [0.2, 0.25) is 0 Å². The smallest absolute Gasteiger partial charge is 0.117 e. The second kappa shape index (κ2) is 1.79. The molecule has 0 aliphatic heterocycles. The zero-order valence-corrected chi connectivity index (χ0v) is 5.94. The van der Waals surface area contributed by atoms with E-state index in [1.54, 1.807) is 0 Å². The fourth-order valence-corrected chi connectivity index (χ4v) is 1.19. The highest BCUT2D eigenvalue weighted by molar-refractivity contribution is 5.89. The summed E-state index contributed by atoms with van der Waals surface area (Å²) in [5.74, 6) is 0. The van der Waals surface area contributed by atoms with E-state index in [2.05, 4.69) is 30.8 Å². The van der Waals surface area contributed by atoms with E-state index in [1.807, 2.05) is 12.1 Å². The standard InChI is InChI=1S/C6H4N6/c1-3-5(9-11-7-3)2-6-4(1)8-12-10-6/h1-2,7,11H. The highest BCUT2D eigenvalue weighted by Crippen LogP contribution is 2.14. The molecule has 2 N–H and O–H groups in total. The van der Waals surface area contributed by atoms with Gasteiger partial charge < -0.3 is 0 Å². The third kappa shape index (κ3) is 0.584. The van der Waals surface area contributed by atoms with E-state index in [9.17, 15) is 0 Å². The third-order valence-electron chi connectivity index (χ3n) is 1.76. The van der Waals surface area contributed by atoms with Gasteiger partial charge in [-0.1, -0.05) is 0 Å². The van der Waals surface area contributed by atoms with Gasteiger partial charge in [0.25, 0.3) is 0 Å². The number of aromatic amines is 2. The molecule has 2 aromatic heterocycles. The second-order valence-electron chi connectivity index (χ2n) is 2.50. The molecule has 3 rings (SSSR count). The summed E-state index contributed by atoms with van der Waals surface area (Å²) in [6, 6.07) is 3.69. The van der Waals surface area contributed by atoms with Crippen molar-refractivity contribution in [3.05, 3.63) is 12.1 Å². The van der Waals surface area contributed by atoms with E-state index in [1.165, 1.54) is 0 Å². The van der Waals surface area contributed by atoms with Crippen molar-refractivity contribution in [1.82, 2.24) is 30.8 Å². The van der Waals surface area contributed by atoms with Crippen LogP contribution < -0.4 is 0 Å². The SMILES string of the molecule is c1c2nnnc2cc2[nH][nH]nc12. The zero-order valence-electron chi connectivity index (χ0n) is 5.94. The van der Waals surface area contributed by atoms with Crippen LogP contribution in [-0.2, 0) is 0 Å². The molecular formula is C6H4N6. The summed E-state index contributed by atoms with van der Waals surface area (Å²) >= 11 is 0. The van der Waals surface area contributed by atoms with Crippen LogP contribution in [0.25, 0.3) is 22.1 Å². The van der Waals surface area contributed by atoms with E-state index < -0.39 is 0 Å². The number of hydrogen-bond acceptors (Lipinski definition) is 4. The molecule has 0 saturated heterocycles. The first-order valence-electron chi connectivity index (χ1n) is 3.45. The maximum absolute atomic E-state index is 3.97. The lowest BCUT2D eigenvalue weighted by atomic mass is 10.3. The number of nitrogens with one attached hydrogen (secondary N) is 2. The number of fused-ring (bicyclic) bond motifs is 2. The monoisotopic (exact) mass is 160 g/mol. The van der Waals surface area contributed by atoms with Gasteiger partial charge in [0.1, 0.15) is 16.6 Å². The van der Waals surface area contributed by atoms with Crippen molar-refractivity contribution < 1.29 is 0 Å². The molecule has 0 spiro atoms. The normalized spacial score (nSPS) is 11.3. The molecule has 0 saturated carbocycles. The maximum Gasteiger partial charge on any atom is 0.117 e. The van der Waals surface area contributed by atoms with Crippen LogP contribution in [0.1, 0.15) is 0 Å². The molecule has 6 heteroatoms. The van der Waals surface area contributed by atoms with Gasteiger partial charge in [0.15, 0.2) is 0 Å². The average Bonchev–Trinajstić information content (AvgIpc) is 2.64. The lowest BCUT2D eigenvalue weighted by molar-refractivity contribution is 0.953. The molecule has 12 heavy (non-hydrogen) atoms. The molecule has 0 amide bonds. The molecule has 0 bridgehead atoms. The van der Waals surface area contributed by atoms with Crippen LogP contribution in [0.5, 0.6) is 0 Å². The molecule has 3 aromatic rings. The minimum absolute atomic E-state index is 0.767. The van der Waals surface area contributed by atoms with Crippen LogP contribution in [0.2, 0.25) is 0 Å². The van der Waals surface area contributed by atoms with E-state index in [0.717, 1.165) is 22.1 Å². The Bertz CT molecular complexity index is 444. The molecule has 6 nitrogen and oxygen atoms in total. The summed E-state index contributed by atoms with van der Waals surface area (Å²) in [7, 11) is 0. The Morgan fingerprint density at radius 1 is 1.00 bits per heavy atom. The predicted molar refractivity (Wildman–Crippen MR) is 41.3 cm³/mol. The Morgan fingerprint density at radius 2 is 1.83 bits per heavy atom. The van der Waals surface area contributed by atoms with Crippen LogP contribution >= 0.6 is 0 Å². The first-order chi connectivity index (χ1) is 5.93. The summed E-state index contributed by atoms with van der Waals surface area (Å²) in [5.41, 5.74) is 3.29. The van der Waals surface area contributed by atoms with Gasteiger partial charge in [-0.2, -0.15) is 5.10 Å². The summed E-state index contributed by atoms with van der Waals surface area (Å²) < 4.78 is 0. The number of benzene rings is 1. The Balaban J connectivity index is 2.62. The number of nitrogens with zero attached hydrogens (tertiary/aromatic N) is 4. The van der Waals surface area contributed by atoms with E-state index in [-0.39, 0.29) is 0 Å². The van der Waals surface area contributed by atoms with E-state index in [4.69, 9.17) is 0 Å². The minimum Gasteiger partial charge on any atom is -0.283 e.